The Morgan fingerprint density at radius 1 is 1.33 bits per heavy atom. The van der Waals surface area contributed by atoms with Gasteiger partial charge in [-0.3, -0.25) is 4.79 Å². The lowest BCUT2D eigenvalue weighted by molar-refractivity contribution is -0.123. The zero-order chi connectivity index (χ0) is 16.2. The van der Waals surface area contributed by atoms with Gasteiger partial charge in [0.2, 0.25) is 5.91 Å². The SMILES string of the molecule is Cc1ccc(C)c(C(C)NC(=O)C(N)CCS(C)(=O)=O)c1. The Labute approximate surface area is 126 Å². The van der Waals surface area contributed by atoms with Gasteiger partial charge in [0.15, 0.2) is 0 Å². The predicted octanol–water partition coefficient (Wildman–Crippen LogP) is 1.24. The largest absolute Gasteiger partial charge is 0.348 e. The van der Waals surface area contributed by atoms with Gasteiger partial charge in [0.25, 0.3) is 0 Å². The molecule has 118 valence electrons. The third-order valence-corrected chi connectivity index (χ3v) is 4.37. The molecule has 0 radical (unpaired) electrons. The van der Waals surface area contributed by atoms with Crippen LogP contribution in [0.4, 0.5) is 0 Å². The van der Waals surface area contributed by atoms with Crippen molar-refractivity contribution < 1.29 is 13.2 Å². The molecule has 0 aliphatic rings. The molecule has 0 saturated heterocycles. The van der Waals surface area contributed by atoms with E-state index >= 15 is 0 Å². The topological polar surface area (TPSA) is 89.3 Å². The summed E-state index contributed by atoms with van der Waals surface area (Å²) >= 11 is 0. The molecule has 0 aliphatic carbocycles. The van der Waals surface area contributed by atoms with Gasteiger partial charge in [-0.05, 0) is 38.3 Å². The highest BCUT2D eigenvalue weighted by atomic mass is 32.2. The molecular weight excluding hydrogens is 288 g/mol. The highest BCUT2D eigenvalue weighted by molar-refractivity contribution is 7.90. The first-order valence-electron chi connectivity index (χ1n) is 6.91. The third-order valence-electron chi connectivity index (χ3n) is 3.40. The van der Waals surface area contributed by atoms with Crippen molar-refractivity contribution in [2.75, 3.05) is 12.0 Å². The zero-order valence-electron chi connectivity index (χ0n) is 13.0. The summed E-state index contributed by atoms with van der Waals surface area (Å²) in [5.74, 6) is -0.411. The van der Waals surface area contributed by atoms with E-state index in [4.69, 9.17) is 5.73 Å². The second-order valence-corrected chi connectivity index (χ2v) is 7.88. The minimum atomic E-state index is -3.11. The average Bonchev–Trinajstić information content (AvgIpc) is 2.37. The second-order valence-electron chi connectivity index (χ2n) is 5.62. The molecule has 0 aromatic heterocycles. The third kappa shape index (κ3) is 5.85. The van der Waals surface area contributed by atoms with E-state index in [1.807, 2.05) is 39.0 Å². The summed E-state index contributed by atoms with van der Waals surface area (Å²) in [6, 6.07) is 5.08. The van der Waals surface area contributed by atoms with E-state index in [0.717, 1.165) is 22.9 Å². The number of amides is 1. The van der Waals surface area contributed by atoms with E-state index in [-0.39, 0.29) is 24.1 Å². The van der Waals surface area contributed by atoms with Crippen LogP contribution in [-0.4, -0.2) is 32.4 Å². The summed E-state index contributed by atoms with van der Waals surface area (Å²) in [5, 5.41) is 2.84. The molecule has 2 unspecified atom stereocenters. The number of hydrogen-bond acceptors (Lipinski definition) is 4. The van der Waals surface area contributed by atoms with Crippen molar-refractivity contribution >= 4 is 15.7 Å². The summed E-state index contributed by atoms with van der Waals surface area (Å²) in [6.45, 7) is 5.87. The summed E-state index contributed by atoms with van der Waals surface area (Å²) in [5.41, 5.74) is 9.00. The molecule has 0 aliphatic heterocycles. The fraction of sp³-hybridized carbons (Fsp3) is 0.533. The summed E-state index contributed by atoms with van der Waals surface area (Å²) in [7, 11) is -3.11. The highest BCUT2D eigenvalue weighted by Crippen LogP contribution is 2.18. The number of rotatable bonds is 6. The Morgan fingerprint density at radius 2 is 1.95 bits per heavy atom. The number of nitrogens with two attached hydrogens (primary N) is 1. The first kappa shape index (κ1) is 17.7. The van der Waals surface area contributed by atoms with Crippen LogP contribution in [0.25, 0.3) is 0 Å². The van der Waals surface area contributed by atoms with Gasteiger partial charge in [-0.15, -0.1) is 0 Å². The van der Waals surface area contributed by atoms with Crippen LogP contribution in [-0.2, 0) is 14.6 Å². The van der Waals surface area contributed by atoms with Crippen LogP contribution in [0.3, 0.4) is 0 Å². The van der Waals surface area contributed by atoms with Crippen molar-refractivity contribution in [3.63, 3.8) is 0 Å². The maximum absolute atomic E-state index is 12.0. The number of nitrogens with one attached hydrogen (secondary N) is 1. The minimum Gasteiger partial charge on any atom is -0.348 e. The average molecular weight is 312 g/mol. The van der Waals surface area contributed by atoms with Gasteiger partial charge in [0.1, 0.15) is 9.84 Å². The van der Waals surface area contributed by atoms with Crippen LogP contribution in [0.1, 0.15) is 36.1 Å². The van der Waals surface area contributed by atoms with Crippen molar-refractivity contribution in [2.24, 2.45) is 5.73 Å². The lowest BCUT2D eigenvalue weighted by atomic mass is 9.99. The number of carbonyl (C=O) groups excluding carboxylic acids is 1. The Bertz CT molecular complexity index is 611. The second kappa shape index (κ2) is 7.04. The summed E-state index contributed by atoms with van der Waals surface area (Å²) in [6.07, 6.45) is 1.26. The van der Waals surface area contributed by atoms with Gasteiger partial charge in [0, 0.05) is 6.26 Å². The normalized spacial score (nSPS) is 14.5. The van der Waals surface area contributed by atoms with Crippen LogP contribution in [0, 0.1) is 13.8 Å². The molecule has 6 heteroatoms. The lowest BCUT2D eigenvalue weighted by Gasteiger charge is -2.19. The molecule has 2 atom stereocenters. The molecule has 0 heterocycles. The molecule has 0 saturated carbocycles. The molecule has 0 spiro atoms. The number of hydrogen-bond donors (Lipinski definition) is 2. The molecular formula is C15H24N2O3S. The maximum Gasteiger partial charge on any atom is 0.237 e. The van der Waals surface area contributed by atoms with Gasteiger partial charge >= 0.3 is 0 Å². The Kier molecular flexibility index (Phi) is 5.92. The Balaban J connectivity index is 2.67. The Morgan fingerprint density at radius 3 is 2.52 bits per heavy atom. The fourth-order valence-electron chi connectivity index (χ4n) is 2.10. The molecule has 0 fully saturated rings. The van der Waals surface area contributed by atoms with Gasteiger partial charge in [-0.1, -0.05) is 23.8 Å². The van der Waals surface area contributed by atoms with Crippen LogP contribution in [0.2, 0.25) is 0 Å². The van der Waals surface area contributed by atoms with Crippen molar-refractivity contribution in [2.45, 2.75) is 39.3 Å². The molecule has 1 amide bonds. The Hall–Kier alpha value is -1.40. The van der Waals surface area contributed by atoms with Gasteiger partial charge in [-0.2, -0.15) is 0 Å². The van der Waals surface area contributed by atoms with Crippen molar-refractivity contribution in [1.29, 1.82) is 0 Å². The van der Waals surface area contributed by atoms with Crippen LogP contribution in [0.15, 0.2) is 18.2 Å². The van der Waals surface area contributed by atoms with Crippen LogP contribution in [0.5, 0.6) is 0 Å². The zero-order valence-corrected chi connectivity index (χ0v) is 13.8. The van der Waals surface area contributed by atoms with E-state index in [9.17, 15) is 13.2 Å². The molecule has 1 aromatic rings. The smallest absolute Gasteiger partial charge is 0.237 e. The number of sulfone groups is 1. The summed E-state index contributed by atoms with van der Waals surface area (Å²) in [4.78, 5) is 12.0. The molecule has 0 bridgehead atoms. The van der Waals surface area contributed by atoms with E-state index in [2.05, 4.69) is 5.32 Å². The number of carbonyl (C=O) groups is 1. The highest BCUT2D eigenvalue weighted by Gasteiger charge is 2.19. The van der Waals surface area contributed by atoms with Gasteiger partial charge in [0.05, 0.1) is 17.8 Å². The van der Waals surface area contributed by atoms with Gasteiger partial charge < -0.3 is 11.1 Å². The minimum absolute atomic E-state index is 0.0839. The van der Waals surface area contributed by atoms with Crippen molar-refractivity contribution in [3.05, 3.63) is 34.9 Å². The summed E-state index contributed by atoms with van der Waals surface area (Å²) < 4.78 is 22.2. The molecule has 21 heavy (non-hydrogen) atoms. The number of aryl methyl sites for hydroxylation is 2. The van der Waals surface area contributed by atoms with E-state index in [1.165, 1.54) is 0 Å². The fourth-order valence-corrected chi connectivity index (χ4v) is 2.78. The molecule has 3 N–H and O–H groups in total. The van der Waals surface area contributed by atoms with Crippen molar-refractivity contribution in [1.82, 2.24) is 5.32 Å². The van der Waals surface area contributed by atoms with Crippen LogP contribution >= 0.6 is 0 Å². The monoisotopic (exact) mass is 312 g/mol. The van der Waals surface area contributed by atoms with Crippen molar-refractivity contribution in [3.8, 4) is 0 Å². The van der Waals surface area contributed by atoms with Crippen LogP contribution < -0.4 is 11.1 Å². The maximum atomic E-state index is 12.0. The number of benzene rings is 1. The molecule has 1 rings (SSSR count). The predicted molar refractivity (Wildman–Crippen MR) is 84.8 cm³/mol. The molecule has 1 aromatic carbocycles. The van der Waals surface area contributed by atoms with E-state index in [0.29, 0.717) is 0 Å². The van der Waals surface area contributed by atoms with E-state index < -0.39 is 15.9 Å². The van der Waals surface area contributed by atoms with E-state index in [1.54, 1.807) is 0 Å². The molecule has 5 nitrogen and oxygen atoms in total. The first-order valence-corrected chi connectivity index (χ1v) is 8.97. The van der Waals surface area contributed by atoms with Gasteiger partial charge in [-0.25, -0.2) is 8.42 Å². The lowest BCUT2D eigenvalue weighted by Crippen LogP contribution is -2.42. The first-order chi connectivity index (χ1) is 9.60. The quantitative estimate of drug-likeness (QED) is 0.827. The standard InChI is InChI=1S/C15H24N2O3S/c1-10-5-6-11(2)13(9-10)12(3)17-15(18)14(16)7-8-21(4,19)20/h5-6,9,12,14H,7-8,16H2,1-4H3,(H,17,18).